The minimum atomic E-state index is 0.0136. The maximum Gasteiger partial charge on any atom is 0.250 e. The smallest absolute Gasteiger partial charge is 0.250 e. The van der Waals surface area contributed by atoms with E-state index < -0.39 is 0 Å². The molecule has 0 unspecified atom stereocenters. The van der Waals surface area contributed by atoms with E-state index in [1.807, 2.05) is 31.3 Å². The molecule has 0 saturated heterocycles. The Hall–Kier alpha value is -1.26. The zero-order valence-corrected chi connectivity index (χ0v) is 12.8. The molecule has 0 radical (unpaired) electrons. The molecule has 0 spiro atoms. The van der Waals surface area contributed by atoms with Crippen molar-refractivity contribution in [2.75, 3.05) is 5.32 Å². The number of hydrogen-bond acceptors (Lipinski definition) is 2. The van der Waals surface area contributed by atoms with Crippen LogP contribution in [0.15, 0.2) is 45.8 Å². The first-order valence-corrected chi connectivity index (χ1v) is 7.15. The Morgan fingerprint density at radius 2 is 2.11 bits per heavy atom. The molecule has 1 aromatic heterocycles. The SMILES string of the molecule is CCn1cc(NCc2ccc(Br)c(Cl)c2)ccc1=O. The zero-order valence-electron chi connectivity index (χ0n) is 10.5. The lowest BCUT2D eigenvalue weighted by Gasteiger charge is -2.09. The van der Waals surface area contributed by atoms with Gasteiger partial charge >= 0.3 is 0 Å². The van der Waals surface area contributed by atoms with Gasteiger partial charge in [-0.2, -0.15) is 0 Å². The Morgan fingerprint density at radius 1 is 1.32 bits per heavy atom. The van der Waals surface area contributed by atoms with Gasteiger partial charge in [0.2, 0.25) is 0 Å². The lowest BCUT2D eigenvalue weighted by Crippen LogP contribution is -2.17. The molecule has 1 aromatic carbocycles. The summed E-state index contributed by atoms with van der Waals surface area (Å²) < 4.78 is 2.55. The van der Waals surface area contributed by atoms with Crippen LogP contribution in [-0.4, -0.2) is 4.57 Å². The maximum absolute atomic E-state index is 11.5. The molecule has 19 heavy (non-hydrogen) atoms. The number of aryl methyl sites for hydroxylation is 1. The van der Waals surface area contributed by atoms with Crippen LogP contribution in [0.5, 0.6) is 0 Å². The van der Waals surface area contributed by atoms with Crippen LogP contribution in [-0.2, 0) is 13.1 Å². The lowest BCUT2D eigenvalue weighted by molar-refractivity contribution is 0.727. The van der Waals surface area contributed by atoms with Gasteiger partial charge in [0.15, 0.2) is 0 Å². The van der Waals surface area contributed by atoms with Gasteiger partial charge in [-0.15, -0.1) is 0 Å². The molecule has 0 aliphatic carbocycles. The van der Waals surface area contributed by atoms with E-state index >= 15 is 0 Å². The van der Waals surface area contributed by atoms with Gasteiger partial charge in [0.1, 0.15) is 0 Å². The van der Waals surface area contributed by atoms with E-state index in [-0.39, 0.29) is 5.56 Å². The van der Waals surface area contributed by atoms with Gasteiger partial charge in [0.25, 0.3) is 5.56 Å². The van der Waals surface area contributed by atoms with Crippen LogP contribution in [0, 0.1) is 0 Å². The van der Waals surface area contributed by atoms with Crippen LogP contribution >= 0.6 is 27.5 Å². The van der Waals surface area contributed by atoms with Gasteiger partial charge < -0.3 is 9.88 Å². The molecule has 0 saturated carbocycles. The highest BCUT2D eigenvalue weighted by atomic mass is 79.9. The van der Waals surface area contributed by atoms with Crippen molar-refractivity contribution in [2.45, 2.75) is 20.0 Å². The van der Waals surface area contributed by atoms with E-state index in [9.17, 15) is 4.79 Å². The first kappa shape index (κ1) is 14.2. The summed E-state index contributed by atoms with van der Waals surface area (Å²) in [7, 11) is 0. The molecule has 2 rings (SSSR count). The normalized spacial score (nSPS) is 10.5. The number of benzene rings is 1. The Bertz CT molecular complexity index is 640. The van der Waals surface area contributed by atoms with Crippen LogP contribution < -0.4 is 10.9 Å². The van der Waals surface area contributed by atoms with Crippen LogP contribution in [0.2, 0.25) is 5.02 Å². The van der Waals surface area contributed by atoms with Crippen molar-refractivity contribution in [3.05, 3.63) is 61.9 Å². The number of nitrogens with zero attached hydrogens (tertiary/aromatic N) is 1. The molecule has 0 fully saturated rings. The van der Waals surface area contributed by atoms with Crippen molar-refractivity contribution < 1.29 is 0 Å². The number of pyridine rings is 1. The van der Waals surface area contributed by atoms with E-state index in [1.54, 1.807) is 16.7 Å². The molecular formula is C14H14BrClN2O. The molecule has 2 aromatic rings. The fourth-order valence-electron chi connectivity index (χ4n) is 1.74. The van der Waals surface area contributed by atoms with Crippen molar-refractivity contribution in [1.29, 1.82) is 0 Å². The largest absolute Gasteiger partial charge is 0.380 e. The first-order chi connectivity index (χ1) is 9.10. The van der Waals surface area contributed by atoms with Crippen LogP contribution in [0.3, 0.4) is 0 Å². The third kappa shape index (κ3) is 3.61. The van der Waals surface area contributed by atoms with Gasteiger partial charge in [-0.05, 0) is 46.6 Å². The fraction of sp³-hybridized carbons (Fsp3) is 0.214. The van der Waals surface area contributed by atoms with Gasteiger partial charge in [0.05, 0.1) is 10.7 Å². The van der Waals surface area contributed by atoms with Gasteiger partial charge in [0, 0.05) is 29.8 Å². The number of hydrogen-bond donors (Lipinski definition) is 1. The molecule has 5 heteroatoms. The van der Waals surface area contributed by atoms with Crippen molar-refractivity contribution in [2.24, 2.45) is 0 Å². The molecule has 0 aliphatic heterocycles. The standard InChI is InChI=1S/C14H14BrClN2O/c1-2-18-9-11(4-6-14(18)19)17-8-10-3-5-12(15)13(16)7-10/h3-7,9,17H,2,8H2,1H3. The predicted molar refractivity (Wildman–Crippen MR) is 82.9 cm³/mol. The Kier molecular flexibility index (Phi) is 4.66. The highest BCUT2D eigenvalue weighted by Crippen LogP contribution is 2.23. The van der Waals surface area contributed by atoms with Crippen molar-refractivity contribution >= 4 is 33.2 Å². The third-order valence-electron chi connectivity index (χ3n) is 2.80. The number of nitrogens with one attached hydrogen (secondary N) is 1. The summed E-state index contributed by atoms with van der Waals surface area (Å²) in [5.74, 6) is 0. The number of halogens is 2. The molecule has 0 aliphatic rings. The molecule has 0 amide bonds. The second-order valence-corrected chi connectivity index (χ2v) is 5.41. The van der Waals surface area contributed by atoms with Crippen molar-refractivity contribution in [3.63, 3.8) is 0 Å². The monoisotopic (exact) mass is 340 g/mol. The molecule has 1 heterocycles. The predicted octanol–water partition coefficient (Wildman–Crippen LogP) is 3.90. The fourth-order valence-corrected chi connectivity index (χ4v) is 2.19. The van der Waals surface area contributed by atoms with Gasteiger partial charge in [-0.3, -0.25) is 4.79 Å². The van der Waals surface area contributed by atoms with Gasteiger partial charge in [-0.1, -0.05) is 17.7 Å². The van der Waals surface area contributed by atoms with E-state index in [1.165, 1.54) is 0 Å². The minimum absolute atomic E-state index is 0.0136. The Balaban J connectivity index is 2.10. The van der Waals surface area contributed by atoms with E-state index in [2.05, 4.69) is 21.2 Å². The lowest BCUT2D eigenvalue weighted by atomic mass is 10.2. The summed E-state index contributed by atoms with van der Waals surface area (Å²) in [6.45, 7) is 3.27. The highest BCUT2D eigenvalue weighted by molar-refractivity contribution is 9.10. The van der Waals surface area contributed by atoms with E-state index in [4.69, 9.17) is 11.6 Å². The zero-order chi connectivity index (χ0) is 13.8. The van der Waals surface area contributed by atoms with Crippen molar-refractivity contribution in [1.82, 2.24) is 4.57 Å². The Morgan fingerprint density at radius 3 is 2.79 bits per heavy atom. The maximum atomic E-state index is 11.5. The second kappa shape index (κ2) is 6.26. The molecule has 0 bridgehead atoms. The summed E-state index contributed by atoms with van der Waals surface area (Å²) in [5.41, 5.74) is 2.02. The van der Waals surface area contributed by atoms with Crippen LogP contribution in [0.25, 0.3) is 0 Å². The van der Waals surface area contributed by atoms with E-state index in [0.29, 0.717) is 18.1 Å². The molecular weight excluding hydrogens is 328 g/mol. The molecule has 0 atom stereocenters. The molecule has 3 nitrogen and oxygen atoms in total. The minimum Gasteiger partial charge on any atom is -0.380 e. The summed E-state index contributed by atoms with van der Waals surface area (Å²) in [6, 6.07) is 9.19. The quantitative estimate of drug-likeness (QED) is 0.915. The average molecular weight is 342 g/mol. The summed E-state index contributed by atoms with van der Waals surface area (Å²) in [4.78, 5) is 11.5. The van der Waals surface area contributed by atoms with Gasteiger partial charge in [-0.25, -0.2) is 0 Å². The summed E-state index contributed by atoms with van der Waals surface area (Å²) in [6.07, 6.45) is 1.82. The summed E-state index contributed by atoms with van der Waals surface area (Å²) >= 11 is 9.41. The topological polar surface area (TPSA) is 34.0 Å². The Labute approximate surface area is 125 Å². The van der Waals surface area contributed by atoms with E-state index in [0.717, 1.165) is 15.7 Å². The number of rotatable bonds is 4. The van der Waals surface area contributed by atoms with Crippen molar-refractivity contribution in [3.8, 4) is 0 Å². The summed E-state index contributed by atoms with van der Waals surface area (Å²) in [5, 5.41) is 3.97. The third-order valence-corrected chi connectivity index (χ3v) is 4.04. The first-order valence-electron chi connectivity index (χ1n) is 5.98. The molecule has 1 N–H and O–H groups in total. The second-order valence-electron chi connectivity index (χ2n) is 4.14. The molecule has 100 valence electrons. The van der Waals surface area contributed by atoms with Crippen LogP contribution in [0.1, 0.15) is 12.5 Å². The number of anilines is 1. The highest BCUT2D eigenvalue weighted by Gasteiger charge is 2.00. The van der Waals surface area contributed by atoms with Crippen LogP contribution in [0.4, 0.5) is 5.69 Å². The average Bonchev–Trinajstić information content (AvgIpc) is 2.41. The number of aromatic nitrogens is 1.